The van der Waals surface area contributed by atoms with E-state index >= 15 is 0 Å². The van der Waals surface area contributed by atoms with Crippen LogP contribution in [0.1, 0.15) is 32.6 Å². The molecule has 0 aromatic rings. The van der Waals surface area contributed by atoms with Crippen LogP contribution >= 0.6 is 0 Å². The zero-order chi connectivity index (χ0) is 8.81. The summed E-state index contributed by atoms with van der Waals surface area (Å²) >= 11 is 0. The van der Waals surface area contributed by atoms with Gasteiger partial charge < -0.3 is 4.74 Å². The van der Waals surface area contributed by atoms with Crippen molar-refractivity contribution < 1.29 is 9.53 Å². The van der Waals surface area contributed by atoms with E-state index in [9.17, 15) is 4.79 Å². The summed E-state index contributed by atoms with van der Waals surface area (Å²) in [7, 11) is 0. The fourth-order valence-electron chi connectivity index (χ4n) is 1.49. The first kappa shape index (κ1) is 9.30. The SMILES string of the molecule is CC(=O)OCCC1CC=CCC1. The number of carbonyl (C=O) groups excluding carboxylic acids is 1. The second-order valence-corrected chi connectivity index (χ2v) is 3.28. The van der Waals surface area contributed by atoms with Crippen LogP contribution in [-0.2, 0) is 9.53 Å². The maximum absolute atomic E-state index is 10.4. The van der Waals surface area contributed by atoms with Crippen molar-refractivity contribution in [3.63, 3.8) is 0 Å². The molecule has 0 fully saturated rings. The predicted octanol–water partition coefficient (Wildman–Crippen LogP) is 2.30. The summed E-state index contributed by atoms with van der Waals surface area (Å²) in [5.74, 6) is 0.565. The monoisotopic (exact) mass is 168 g/mol. The fourth-order valence-corrected chi connectivity index (χ4v) is 1.49. The maximum Gasteiger partial charge on any atom is 0.302 e. The first-order valence-electron chi connectivity index (χ1n) is 4.57. The van der Waals surface area contributed by atoms with E-state index in [0.717, 1.165) is 18.8 Å². The summed E-state index contributed by atoms with van der Waals surface area (Å²) in [6.45, 7) is 2.05. The number of esters is 1. The van der Waals surface area contributed by atoms with Crippen molar-refractivity contribution in [2.24, 2.45) is 5.92 Å². The number of rotatable bonds is 3. The normalized spacial score (nSPS) is 22.2. The van der Waals surface area contributed by atoms with Crippen LogP contribution in [0.3, 0.4) is 0 Å². The van der Waals surface area contributed by atoms with E-state index in [1.165, 1.54) is 19.8 Å². The third kappa shape index (κ3) is 3.56. The van der Waals surface area contributed by atoms with E-state index in [0.29, 0.717) is 6.61 Å². The van der Waals surface area contributed by atoms with Crippen LogP contribution < -0.4 is 0 Å². The summed E-state index contributed by atoms with van der Waals surface area (Å²) in [6.07, 6.45) is 9.05. The molecule has 0 bridgehead atoms. The molecule has 1 aliphatic rings. The van der Waals surface area contributed by atoms with Crippen molar-refractivity contribution >= 4 is 5.97 Å². The lowest BCUT2D eigenvalue weighted by atomic mass is 9.92. The second-order valence-electron chi connectivity index (χ2n) is 3.28. The lowest BCUT2D eigenvalue weighted by molar-refractivity contribution is -0.141. The molecule has 0 radical (unpaired) electrons. The van der Waals surface area contributed by atoms with Crippen molar-refractivity contribution in [2.45, 2.75) is 32.6 Å². The predicted molar refractivity (Wildman–Crippen MR) is 47.7 cm³/mol. The Labute approximate surface area is 73.6 Å². The van der Waals surface area contributed by atoms with Crippen LogP contribution in [0.4, 0.5) is 0 Å². The molecule has 1 unspecified atom stereocenters. The first-order chi connectivity index (χ1) is 5.79. The topological polar surface area (TPSA) is 26.3 Å². The Morgan fingerprint density at radius 3 is 3.00 bits per heavy atom. The van der Waals surface area contributed by atoms with Crippen molar-refractivity contribution in [1.29, 1.82) is 0 Å². The Kier molecular flexibility index (Phi) is 3.85. The van der Waals surface area contributed by atoms with E-state index in [2.05, 4.69) is 12.2 Å². The van der Waals surface area contributed by atoms with Crippen LogP contribution in [0, 0.1) is 5.92 Å². The molecule has 12 heavy (non-hydrogen) atoms. The van der Waals surface area contributed by atoms with Crippen molar-refractivity contribution in [2.75, 3.05) is 6.61 Å². The third-order valence-corrected chi connectivity index (χ3v) is 2.21. The van der Waals surface area contributed by atoms with E-state index in [1.54, 1.807) is 0 Å². The quantitative estimate of drug-likeness (QED) is 0.477. The van der Waals surface area contributed by atoms with Gasteiger partial charge >= 0.3 is 5.97 Å². The molecule has 0 amide bonds. The number of hydrogen-bond donors (Lipinski definition) is 0. The minimum atomic E-state index is -0.165. The molecular weight excluding hydrogens is 152 g/mol. The summed E-state index contributed by atoms with van der Waals surface area (Å²) in [6, 6.07) is 0. The molecular formula is C10H16O2. The second kappa shape index (κ2) is 4.96. The van der Waals surface area contributed by atoms with Gasteiger partial charge in [0.15, 0.2) is 0 Å². The molecule has 2 heteroatoms. The summed E-state index contributed by atoms with van der Waals surface area (Å²) in [4.78, 5) is 10.4. The smallest absolute Gasteiger partial charge is 0.302 e. The Morgan fingerprint density at radius 1 is 1.58 bits per heavy atom. The molecule has 0 spiro atoms. The van der Waals surface area contributed by atoms with Crippen LogP contribution in [0.2, 0.25) is 0 Å². The molecule has 0 saturated carbocycles. The Hall–Kier alpha value is -0.790. The standard InChI is InChI=1S/C10H16O2/c1-9(11)12-8-7-10-5-3-2-4-6-10/h2-3,10H,4-8H2,1H3. The van der Waals surface area contributed by atoms with Crippen molar-refractivity contribution in [3.05, 3.63) is 12.2 Å². The maximum atomic E-state index is 10.4. The van der Waals surface area contributed by atoms with Crippen molar-refractivity contribution in [1.82, 2.24) is 0 Å². The molecule has 0 saturated heterocycles. The zero-order valence-corrected chi connectivity index (χ0v) is 7.58. The third-order valence-electron chi connectivity index (χ3n) is 2.21. The first-order valence-corrected chi connectivity index (χ1v) is 4.57. The van der Waals surface area contributed by atoms with Gasteiger partial charge in [0.05, 0.1) is 6.61 Å². The summed E-state index contributed by atoms with van der Waals surface area (Å²) in [5, 5.41) is 0. The van der Waals surface area contributed by atoms with Gasteiger partial charge in [-0.3, -0.25) is 4.79 Å². The number of carbonyl (C=O) groups is 1. The van der Waals surface area contributed by atoms with E-state index in [-0.39, 0.29) is 5.97 Å². The average molecular weight is 168 g/mol. The highest BCUT2D eigenvalue weighted by Crippen LogP contribution is 2.21. The molecule has 2 nitrogen and oxygen atoms in total. The van der Waals surface area contributed by atoms with Gasteiger partial charge in [0, 0.05) is 6.92 Å². The van der Waals surface area contributed by atoms with Gasteiger partial charge in [-0.2, -0.15) is 0 Å². The largest absolute Gasteiger partial charge is 0.466 e. The van der Waals surface area contributed by atoms with Gasteiger partial charge in [0.1, 0.15) is 0 Å². The Balaban J connectivity index is 2.06. The molecule has 1 aliphatic carbocycles. The molecule has 0 aliphatic heterocycles. The van der Waals surface area contributed by atoms with Crippen LogP contribution in [0.5, 0.6) is 0 Å². The molecule has 0 heterocycles. The van der Waals surface area contributed by atoms with E-state index in [4.69, 9.17) is 4.74 Å². The van der Waals surface area contributed by atoms with E-state index < -0.39 is 0 Å². The minimum absolute atomic E-state index is 0.165. The minimum Gasteiger partial charge on any atom is -0.466 e. The molecule has 0 aromatic carbocycles. The van der Waals surface area contributed by atoms with Gasteiger partial charge in [0.25, 0.3) is 0 Å². The van der Waals surface area contributed by atoms with Crippen LogP contribution in [-0.4, -0.2) is 12.6 Å². The molecule has 68 valence electrons. The van der Waals surface area contributed by atoms with Crippen LogP contribution in [0.15, 0.2) is 12.2 Å². The number of hydrogen-bond acceptors (Lipinski definition) is 2. The highest BCUT2D eigenvalue weighted by atomic mass is 16.5. The number of ether oxygens (including phenoxy) is 1. The summed E-state index contributed by atoms with van der Waals surface area (Å²) in [5.41, 5.74) is 0. The highest BCUT2D eigenvalue weighted by Gasteiger charge is 2.09. The van der Waals surface area contributed by atoms with Crippen LogP contribution in [0.25, 0.3) is 0 Å². The zero-order valence-electron chi connectivity index (χ0n) is 7.58. The number of allylic oxidation sites excluding steroid dienone is 2. The van der Waals surface area contributed by atoms with Gasteiger partial charge in [-0.15, -0.1) is 0 Å². The van der Waals surface area contributed by atoms with Gasteiger partial charge in [-0.1, -0.05) is 12.2 Å². The Morgan fingerprint density at radius 2 is 2.42 bits per heavy atom. The lowest BCUT2D eigenvalue weighted by Crippen LogP contribution is -2.08. The summed E-state index contributed by atoms with van der Waals surface area (Å²) < 4.78 is 4.88. The highest BCUT2D eigenvalue weighted by molar-refractivity contribution is 5.65. The average Bonchev–Trinajstić information content (AvgIpc) is 2.05. The molecule has 0 aromatic heterocycles. The van der Waals surface area contributed by atoms with Crippen molar-refractivity contribution in [3.8, 4) is 0 Å². The molecule has 0 N–H and O–H groups in total. The fraction of sp³-hybridized carbons (Fsp3) is 0.700. The van der Waals surface area contributed by atoms with Gasteiger partial charge in [-0.05, 0) is 31.6 Å². The van der Waals surface area contributed by atoms with E-state index in [1.807, 2.05) is 0 Å². The van der Waals surface area contributed by atoms with Gasteiger partial charge in [-0.25, -0.2) is 0 Å². The van der Waals surface area contributed by atoms with Gasteiger partial charge in [0.2, 0.25) is 0 Å². The molecule has 1 rings (SSSR count). The lowest BCUT2D eigenvalue weighted by Gasteiger charge is -2.16. The molecule has 1 atom stereocenters. The Bertz CT molecular complexity index is 173.